The van der Waals surface area contributed by atoms with Crippen molar-refractivity contribution in [3.8, 4) is 0 Å². The fraction of sp³-hybridized carbons (Fsp3) is 0.474. The molecule has 0 saturated carbocycles. The van der Waals surface area contributed by atoms with Crippen LogP contribution in [0.25, 0.3) is 10.8 Å². The highest BCUT2D eigenvalue weighted by molar-refractivity contribution is 5.86. The van der Waals surface area contributed by atoms with Crippen LogP contribution in [0.5, 0.6) is 0 Å². The van der Waals surface area contributed by atoms with E-state index < -0.39 is 24.5 Å². The number of halogens is 1. The van der Waals surface area contributed by atoms with E-state index in [9.17, 15) is 0 Å². The fourth-order valence-electron chi connectivity index (χ4n) is 3.24. The van der Waals surface area contributed by atoms with Gasteiger partial charge in [0.15, 0.2) is 6.17 Å². The third-order valence-electron chi connectivity index (χ3n) is 4.18. The molecule has 1 aliphatic rings. The van der Waals surface area contributed by atoms with Crippen LogP contribution in [0.1, 0.15) is 25.5 Å². The summed E-state index contributed by atoms with van der Waals surface area (Å²) in [5, 5.41) is 2.10. The molecule has 0 N–H and O–H groups in total. The van der Waals surface area contributed by atoms with Crippen molar-refractivity contribution in [3.63, 3.8) is 0 Å². The largest absolute Gasteiger partial charge is 0.382 e. The molecular weight excluding hydrogens is 295 g/mol. The first kappa shape index (κ1) is 16.4. The molecule has 0 amide bonds. The summed E-state index contributed by atoms with van der Waals surface area (Å²) in [7, 11) is 1.59. The van der Waals surface area contributed by atoms with E-state index in [0.29, 0.717) is 6.61 Å². The van der Waals surface area contributed by atoms with Gasteiger partial charge in [0.05, 0.1) is 12.7 Å². The maximum absolute atomic E-state index is 15.1. The highest BCUT2D eigenvalue weighted by atomic mass is 19.1. The summed E-state index contributed by atoms with van der Waals surface area (Å²) in [6, 6.07) is 13.9. The Morgan fingerprint density at radius 3 is 2.61 bits per heavy atom. The van der Waals surface area contributed by atoms with Crippen LogP contribution < -0.4 is 0 Å². The summed E-state index contributed by atoms with van der Waals surface area (Å²) in [6.07, 6.45) is -2.93. The Labute approximate surface area is 136 Å². The van der Waals surface area contributed by atoms with E-state index in [2.05, 4.69) is 0 Å². The van der Waals surface area contributed by atoms with Gasteiger partial charge in [-0.15, -0.1) is 0 Å². The Balaban J connectivity index is 1.95. The van der Waals surface area contributed by atoms with Gasteiger partial charge in [0.25, 0.3) is 0 Å². The van der Waals surface area contributed by atoms with Crippen molar-refractivity contribution in [2.45, 2.75) is 44.4 Å². The van der Waals surface area contributed by atoms with Crippen molar-refractivity contribution in [3.05, 3.63) is 48.0 Å². The second kappa shape index (κ2) is 6.95. The van der Waals surface area contributed by atoms with E-state index in [-0.39, 0.29) is 6.10 Å². The Bertz CT molecular complexity index is 653. The van der Waals surface area contributed by atoms with Crippen molar-refractivity contribution in [1.29, 1.82) is 0 Å². The van der Waals surface area contributed by atoms with Gasteiger partial charge in [-0.3, -0.25) is 0 Å². The van der Waals surface area contributed by atoms with E-state index in [4.69, 9.17) is 14.2 Å². The summed E-state index contributed by atoms with van der Waals surface area (Å²) in [4.78, 5) is 0. The Hall–Kier alpha value is -1.49. The molecule has 4 atom stereocenters. The van der Waals surface area contributed by atoms with Gasteiger partial charge in [-0.05, 0) is 30.2 Å². The Kier molecular flexibility index (Phi) is 4.95. The maximum Gasteiger partial charge on any atom is 0.159 e. The van der Waals surface area contributed by atoms with Gasteiger partial charge in [0, 0.05) is 7.11 Å². The monoisotopic (exact) mass is 318 g/mol. The number of benzene rings is 2. The number of rotatable bonds is 5. The van der Waals surface area contributed by atoms with Crippen molar-refractivity contribution in [1.82, 2.24) is 0 Å². The van der Waals surface area contributed by atoms with Crippen LogP contribution in [0, 0.1) is 0 Å². The van der Waals surface area contributed by atoms with Gasteiger partial charge in [-0.25, -0.2) is 4.39 Å². The van der Waals surface area contributed by atoms with Crippen molar-refractivity contribution in [2.24, 2.45) is 0 Å². The smallest absolute Gasteiger partial charge is 0.159 e. The highest BCUT2D eigenvalue weighted by Crippen LogP contribution is 2.40. The van der Waals surface area contributed by atoms with Crippen LogP contribution in [0.3, 0.4) is 0 Å². The van der Waals surface area contributed by atoms with E-state index in [0.717, 1.165) is 16.3 Å². The number of hydrogen-bond acceptors (Lipinski definition) is 3. The third-order valence-corrected chi connectivity index (χ3v) is 4.18. The molecule has 1 heterocycles. The molecule has 2 aromatic rings. The Morgan fingerprint density at radius 1 is 1.13 bits per heavy atom. The molecule has 0 spiro atoms. The normalized spacial score (nSPS) is 27.9. The van der Waals surface area contributed by atoms with Crippen LogP contribution in [0.15, 0.2) is 42.5 Å². The Morgan fingerprint density at radius 2 is 1.87 bits per heavy atom. The van der Waals surface area contributed by atoms with Crippen LogP contribution in [-0.4, -0.2) is 38.2 Å². The lowest BCUT2D eigenvalue weighted by Crippen LogP contribution is -2.36. The first-order valence-electron chi connectivity index (χ1n) is 8.03. The van der Waals surface area contributed by atoms with Gasteiger partial charge in [-0.2, -0.15) is 0 Å². The summed E-state index contributed by atoms with van der Waals surface area (Å²) >= 11 is 0. The van der Waals surface area contributed by atoms with E-state index in [1.165, 1.54) is 0 Å². The van der Waals surface area contributed by atoms with Gasteiger partial charge >= 0.3 is 0 Å². The van der Waals surface area contributed by atoms with Crippen molar-refractivity contribution in [2.75, 3.05) is 13.7 Å². The summed E-state index contributed by atoms with van der Waals surface area (Å²) in [6.45, 7) is 4.13. The van der Waals surface area contributed by atoms with Gasteiger partial charge in [0.1, 0.15) is 18.3 Å². The number of alkyl halides is 1. The molecular formula is C19H23FO3. The van der Waals surface area contributed by atoms with Gasteiger partial charge in [0.2, 0.25) is 0 Å². The lowest BCUT2D eigenvalue weighted by molar-refractivity contribution is -0.0761. The predicted octanol–water partition coefficient (Wildman–Crippen LogP) is 4.06. The number of fused-ring (bicyclic) bond motifs is 1. The standard InChI is InChI=1S/C19H23FO3/c1-12(2)22-19-16(11-21-3)23-18(17(19)20)15-10-6-8-13-7-4-5-9-14(13)15/h4-10,12,16-19H,11H2,1-3H3/t16-,17+,18+,19-/m1/s1. The molecule has 124 valence electrons. The molecule has 1 fully saturated rings. The first-order chi connectivity index (χ1) is 11.1. The highest BCUT2D eigenvalue weighted by Gasteiger charge is 2.47. The predicted molar refractivity (Wildman–Crippen MR) is 88.3 cm³/mol. The van der Waals surface area contributed by atoms with Gasteiger partial charge < -0.3 is 14.2 Å². The van der Waals surface area contributed by atoms with E-state index in [1.54, 1.807) is 7.11 Å². The van der Waals surface area contributed by atoms with Crippen LogP contribution in [0.4, 0.5) is 4.39 Å². The summed E-state index contributed by atoms with van der Waals surface area (Å²) in [5.74, 6) is 0. The van der Waals surface area contributed by atoms with Crippen molar-refractivity contribution >= 4 is 10.8 Å². The third kappa shape index (κ3) is 3.25. The fourth-order valence-corrected chi connectivity index (χ4v) is 3.24. The maximum atomic E-state index is 15.1. The molecule has 0 unspecified atom stereocenters. The molecule has 1 saturated heterocycles. The van der Waals surface area contributed by atoms with E-state index >= 15 is 4.39 Å². The molecule has 3 nitrogen and oxygen atoms in total. The van der Waals surface area contributed by atoms with Crippen LogP contribution >= 0.6 is 0 Å². The zero-order valence-electron chi connectivity index (χ0n) is 13.7. The number of methoxy groups -OCH3 is 1. The van der Waals surface area contributed by atoms with Crippen LogP contribution in [0.2, 0.25) is 0 Å². The lowest BCUT2D eigenvalue weighted by atomic mass is 9.97. The lowest BCUT2D eigenvalue weighted by Gasteiger charge is -2.21. The SMILES string of the molecule is COC[C@H]1O[C@@H](c2cccc3ccccc23)[C@H](F)[C@@H]1OC(C)C. The zero-order chi connectivity index (χ0) is 16.4. The van der Waals surface area contributed by atoms with Gasteiger partial charge in [-0.1, -0.05) is 42.5 Å². The molecule has 0 aromatic heterocycles. The molecule has 0 aliphatic carbocycles. The average Bonchev–Trinajstić information content (AvgIpc) is 2.83. The average molecular weight is 318 g/mol. The molecule has 4 heteroatoms. The zero-order valence-corrected chi connectivity index (χ0v) is 13.7. The molecule has 2 aromatic carbocycles. The minimum Gasteiger partial charge on any atom is -0.382 e. The quantitative estimate of drug-likeness (QED) is 0.832. The number of ether oxygens (including phenoxy) is 3. The molecule has 0 radical (unpaired) electrons. The summed E-state index contributed by atoms with van der Waals surface area (Å²) < 4.78 is 32.0. The number of hydrogen-bond donors (Lipinski definition) is 0. The first-order valence-corrected chi connectivity index (χ1v) is 8.03. The molecule has 1 aliphatic heterocycles. The minimum atomic E-state index is -1.22. The topological polar surface area (TPSA) is 27.7 Å². The van der Waals surface area contributed by atoms with E-state index in [1.807, 2.05) is 56.3 Å². The molecule has 0 bridgehead atoms. The van der Waals surface area contributed by atoms with Crippen molar-refractivity contribution < 1.29 is 18.6 Å². The minimum absolute atomic E-state index is 0.0625. The summed E-state index contributed by atoms with van der Waals surface area (Å²) in [5.41, 5.74) is 0.867. The second-order valence-electron chi connectivity index (χ2n) is 6.21. The molecule has 23 heavy (non-hydrogen) atoms. The molecule has 3 rings (SSSR count). The second-order valence-corrected chi connectivity index (χ2v) is 6.21. The van der Waals surface area contributed by atoms with Crippen LogP contribution in [-0.2, 0) is 14.2 Å².